The molecule has 4 unspecified atom stereocenters. The highest BCUT2D eigenvalue weighted by atomic mass is 33.1. The van der Waals surface area contributed by atoms with Gasteiger partial charge in [0, 0.05) is 134 Å². The number of H-pyrrole nitrogens is 1. The number of para-hydroxylation sites is 1. The van der Waals surface area contributed by atoms with Gasteiger partial charge in [0.25, 0.3) is 5.91 Å². The van der Waals surface area contributed by atoms with Crippen LogP contribution in [0.1, 0.15) is 134 Å². The summed E-state index contributed by atoms with van der Waals surface area (Å²) < 4.78 is 26.3. The van der Waals surface area contributed by atoms with E-state index >= 15 is 43.2 Å². The summed E-state index contributed by atoms with van der Waals surface area (Å²) in [4.78, 5) is 271. The molecule has 2 aliphatic rings. The number of nitrogens with one attached hydrogen (secondary N) is 16. The van der Waals surface area contributed by atoms with E-state index in [2.05, 4.69) is 117 Å². The average molecular weight is 2090 g/mol. The van der Waals surface area contributed by atoms with Gasteiger partial charge in [-0.15, -0.1) is 0 Å². The quantitative estimate of drug-likeness (QED) is 0.0149. The van der Waals surface area contributed by atoms with Gasteiger partial charge in [0.05, 0.1) is 41.5 Å². The first-order chi connectivity index (χ1) is 66.5. The Bertz CT molecular complexity index is 5500. The van der Waals surface area contributed by atoms with Crippen molar-refractivity contribution in [2.45, 2.75) is 226 Å². The highest BCUT2D eigenvalue weighted by Gasteiger charge is 2.49. The smallest absolute Gasteiger partial charge is 0.308 e. The van der Waals surface area contributed by atoms with Crippen molar-refractivity contribution < 1.29 is 105 Å². The lowest BCUT2D eigenvalue weighted by atomic mass is 9.87. The molecular weight excluding hydrogens is 1960 g/mol. The number of ether oxygens (including phenoxy) is 2. The van der Waals surface area contributed by atoms with E-state index in [4.69, 9.17) is 18.5 Å². The standard InChI is InChI=1S/C90H122N20O22P6S2/c1-48-16-14-20-59-57(46-93-72(48)59)42-64-79(120)96-60(21-12-13-33-92-50(3)111)77(118)105-75(89(7,8)140-139-88(5,6)74(95-51(4)112)84(125)101-66(44-69(114)108-135)81(122)104-73(49(2)131-137)83(124)99-64)85(126)100-62(39-52-23-26-58(27-24-52)130-37-34-94-133)78(119)97-63(40-53-22-25-55-18-10-11-19-56(55)38-53)82(123)106-90(30-35-129-36-31-90)87(128)103-61(28-29-71(116)132-138)76(117)98-65(43-68(113)107-134)80(121)102-67(41-54-17-15-32-91-45-54)86(127)110(9)47-70(115)109-136/h10-11,14-20,22-27,32,38,45-46,49,60-67,73-75,93,133-134H,12-13,21,28-31,33-37,39-44,47,135-138H2,1-9H3,(H,92,111)(H,95,112)(H,96,120)(H,97,119)(H,98,117)(H,99,124)(H,100,126)(H,101,125)(H,102,121)(H,103,128)(H,104,122)(H,105,118)(H,106,123)(H,108,114)(H,109,115)/t49-,60+,61+,62+,63+,64+,65+,66+,67+,73+,74-,75-/m1/s1. The number of amides is 17. The number of hydrogen-bond donors (Lipinski definition) is 16. The zero-order valence-electron chi connectivity index (χ0n) is 78.7. The molecule has 16 atom stereocenters. The summed E-state index contributed by atoms with van der Waals surface area (Å²) in [5.41, 5.74) is 1.20. The number of benzene rings is 4. The highest BCUT2D eigenvalue weighted by molar-refractivity contribution is 8.77. The molecule has 17 amide bonds. The van der Waals surface area contributed by atoms with Gasteiger partial charge in [0.15, 0.2) is 0 Å². The maximum atomic E-state index is 16.5. The van der Waals surface area contributed by atoms with Crippen LogP contribution < -0.4 is 84.0 Å². The Hall–Kier alpha value is -11.2. The molecule has 0 spiro atoms. The second-order valence-electron chi connectivity index (χ2n) is 34.7. The average Bonchev–Trinajstić information content (AvgIpc) is 1.18. The van der Waals surface area contributed by atoms with Gasteiger partial charge in [-0.3, -0.25) is 96.0 Å². The first kappa shape index (κ1) is 114. The van der Waals surface area contributed by atoms with Crippen molar-refractivity contribution in [2.24, 2.45) is 9.49 Å². The van der Waals surface area contributed by atoms with Crippen LogP contribution in [0.15, 0.2) is 125 Å². The fourth-order valence-corrected chi connectivity index (χ4v) is 18.9. The molecule has 6 aromatic rings. The maximum Gasteiger partial charge on any atom is 0.308 e. The van der Waals surface area contributed by atoms with Crippen LogP contribution in [0.2, 0.25) is 0 Å². The second-order valence-corrected chi connectivity index (χ2v) is 39.8. The fraction of sp³-hybridized carbons (Fsp3) is 0.478. The number of rotatable bonds is 42. The third kappa shape index (κ3) is 34.3. The van der Waals surface area contributed by atoms with Gasteiger partial charge in [-0.1, -0.05) is 100 Å². The van der Waals surface area contributed by atoms with Crippen LogP contribution in [0.5, 0.6) is 5.75 Å². The van der Waals surface area contributed by atoms with Crippen molar-refractivity contribution in [3.63, 3.8) is 0 Å². The molecule has 756 valence electrons. The van der Waals surface area contributed by atoms with Crippen LogP contribution in [0.25, 0.3) is 21.7 Å². The van der Waals surface area contributed by atoms with Crippen molar-refractivity contribution in [3.05, 3.63) is 143 Å². The third-order valence-electron chi connectivity index (χ3n) is 23.2. The Kier molecular flexibility index (Phi) is 45.1. The number of aromatic amines is 1. The molecule has 0 saturated carbocycles. The summed E-state index contributed by atoms with van der Waals surface area (Å²) in [6.45, 7) is 11.5. The second kappa shape index (κ2) is 55.3. The Labute approximate surface area is 831 Å². The molecule has 50 heteroatoms. The lowest BCUT2D eigenvalue weighted by Crippen LogP contribution is -2.67. The van der Waals surface area contributed by atoms with Crippen molar-refractivity contribution in [2.75, 3.05) is 46.5 Å². The van der Waals surface area contributed by atoms with Crippen LogP contribution in [0.3, 0.4) is 0 Å². The molecule has 0 bridgehead atoms. The van der Waals surface area contributed by atoms with Crippen LogP contribution in [-0.4, -0.2) is 255 Å². The van der Waals surface area contributed by atoms with E-state index in [0.29, 0.717) is 44.3 Å². The highest BCUT2D eigenvalue weighted by Crippen LogP contribution is 2.47. The maximum absolute atomic E-state index is 16.5. The van der Waals surface area contributed by atoms with E-state index in [-0.39, 0.29) is 90.2 Å². The zero-order chi connectivity index (χ0) is 103. The SMILES string of the molecule is CC(=O)NCCCC[C@@H]1NC(=O)[C@H](Cc2c[nH]c3c(C)cccc23)NC(=O)[C@H]([C@@H](C)OP)NC(=O)[C@H](CC(=O)NP)NC(=O)[C@@H](NC(C)=O)C(C)(C)SSC(C)(C)[C@@H](C(=O)N[C@@H](Cc2ccc(OCCN=P)cc2)C(=O)N[C@@H](Cc2ccc3ccccc3c2)C(=O)NC2(C(=O)N[C@@H](CCC(=O)OP)C(=O)N[C@@H](CC(=O)N=P)C(=O)N[C@@H](Cc3cccnc3)C(=O)N(C)CC(=O)NP)CCOCC2)NC1=O. The molecule has 4 aromatic carbocycles. The molecule has 2 saturated heterocycles. The van der Waals surface area contributed by atoms with Gasteiger partial charge in [0.1, 0.15) is 84.4 Å². The lowest BCUT2D eigenvalue weighted by molar-refractivity contribution is -0.142. The molecule has 2 fully saturated rings. The summed E-state index contributed by atoms with van der Waals surface area (Å²) in [7, 11) is 16.8. The van der Waals surface area contributed by atoms with Gasteiger partial charge in [-0.2, -0.15) is 0 Å². The van der Waals surface area contributed by atoms with Crippen molar-refractivity contribution in [3.8, 4) is 5.75 Å². The van der Waals surface area contributed by atoms with Gasteiger partial charge >= 0.3 is 5.97 Å². The minimum Gasteiger partial charge on any atom is -0.492 e. The summed E-state index contributed by atoms with van der Waals surface area (Å²) in [5, 5.41) is 42.2. The summed E-state index contributed by atoms with van der Waals surface area (Å²) in [6, 6.07) is 8.61. The number of pyridine rings is 1. The topological polar surface area (TPSA) is 581 Å². The Morgan fingerprint density at radius 1 is 0.643 bits per heavy atom. The molecule has 140 heavy (non-hydrogen) atoms. The van der Waals surface area contributed by atoms with E-state index in [0.717, 1.165) is 44.4 Å². The number of aryl methyl sites for hydroxylation is 1. The van der Waals surface area contributed by atoms with Crippen LogP contribution >= 0.6 is 77.4 Å². The predicted octanol–water partition coefficient (Wildman–Crippen LogP) is 2.49. The molecule has 0 radical (unpaired) electrons. The normalized spacial score (nSPS) is 19.1. The Morgan fingerprint density at radius 2 is 1.26 bits per heavy atom. The first-order valence-corrected chi connectivity index (χ1v) is 49.9. The van der Waals surface area contributed by atoms with E-state index in [1.54, 1.807) is 116 Å². The molecule has 4 heterocycles. The number of unbranched alkanes of at least 4 members (excludes halogenated alkanes) is 1. The van der Waals surface area contributed by atoms with Crippen LogP contribution in [0.4, 0.5) is 0 Å². The van der Waals surface area contributed by atoms with E-state index in [1.165, 1.54) is 33.3 Å². The summed E-state index contributed by atoms with van der Waals surface area (Å²) in [6.07, 6.45) is -1.17. The lowest BCUT2D eigenvalue weighted by Gasteiger charge is -2.39. The van der Waals surface area contributed by atoms with E-state index in [1.807, 2.05) is 59.4 Å². The minimum atomic E-state index is -2.08. The number of carbonyl (C=O) groups is 18. The van der Waals surface area contributed by atoms with Crippen LogP contribution in [-0.2, 0) is 126 Å². The molecule has 2 aromatic heterocycles. The number of fused-ring (bicyclic) bond motifs is 2. The first-order valence-electron chi connectivity index (χ1n) is 44.7. The third-order valence-corrected chi connectivity index (χ3v) is 29.2. The summed E-state index contributed by atoms with van der Waals surface area (Å²) >= 11 is 0. The monoisotopic (exact) mass is 2080 g/mol. The predicted molar refractivity (Wildman–Crippen MR) is 541 cm³/mol. The number of hydrogen-bond acceptors (Lipinski definition) is 26. The van der Waals surface area contributed by atoms with Crippen molar-refractivity contribution >= 4 is 205 Å². The summed E-state index contributed by atoms with van der Waals surface area (Å²) in [5.74, 6) is -16.4. The van der Waals surface area contributed by atoms with Gasteiger partial charge < -0.3 is 108 Å². The zero-order valence-corrected chi connectivity index (χ0v) is 87.0. The van der Waals surface area contributed by atoms with Gasteiger partial charge in [0.2, 0.25) is 94.5 Å². The van der Waals surface area contributed by atoms with Gasteiger partial charge in [-0.05, 0) is 161 Å². The molecular formula is C90H122N20O22P6S2. The molecule has 16 N–H and O–H groups in total. The Morgan fingerprint density at radius 3 is 1.92 bits per heavy atom. The fourth-order valence-electron chi connectivity index (χ4n) is 15.4. The Balaban J connectivity index is 1.24. The van der Waals surface area contributed by atoms with E-state index < -0.39 is 227 Å². The van der Waals surface area contributed by atoms with Crippen molar-refractivity contribution in [1.82, 2.24) is 94.2 Å². The molecule has 42 nitrogen and oxygen atoms in total. The van der Waals surface area contributed by atoms with E-state index in [9.17, 15) is 43.2 Å². The number of aromatic nitrogens is 2. The largest absolute Gasteiger partial charge is 0.492 e. The molecule has 0 aliphatic carbocycles. The number of carbonyl (C=O) groups excluding carboxylic acids is 18. The van der Waals surface area contributed by atoms with Crippen LogP contribution in [0, 0.1) is 6.92 Å². The number of nitrogens with zero attached hydrogens (tertiary/aromatic N) is 4. The van der Waals surface area contributed by atoms with Gasteiger partial charge in [-0.25, -0.2) is 4.74 Å². The molecule has 2 aliphatic heterocycles. The minimum absolute atomic E-state index is 0.112. The number of likely N-dealkylation sites (N-methyl/N-ethyl adjacent to an activating group) is 1. The van der Waals surface area contributed by atoms with Crippen molar-refractivity contribution in [1.29, 1.82) is 0 Å². The molecule has 8 rings (SSSR count).